The van der Waals surface area contributed by atoms with Crippen LogP contribution in [-0.2, 0) is 20.7 Å². The molecule has 160 valence electrons. The van der Waals surface area contributed by atoms with Gasteiger partial charge in [-0.15, -0.1) is 0 Å². The van der Waals surface area contributed by atoms with Crippen LogP contribution in [-0.4, -0.2) is 30.4 Å². The molecule has 1 aromatic carbocycles. The molecule has 0 amide bonds. The van der Waals surface area contributed by atoms with Gasteiger partial charge < -0.3 is 14.6 Å². The van der Waals surface area contributed by atoms with Crippen molar-refractivity contribution < 1.29 is 19.4 Å². The Bertz CT molecular complexity index is 698. The molecule has 1 aliphatic rings. The number of rotatable bonds is 11. The minimum atomic E-state index is -0.406. The molecule has 0 aromatic heterocycles. The number of cyclic esters (lactones) is 1. The van der Waals surface area contributed by atoms with Crippen LogP contribution in [0.15, 0.2) is 53.3 Å². The van der Waals surface area contributed by atoms with Gasteiger partial charge in [0.1, 0.15) is 11.9 Å². The Labute approximate surface area is 179 Å². The number of aliphatic hydroxyl groups excluding tert-OH is 1. The van der Waals surface area contributed by atoms with Gasteiger partial charge in [0.05, 0.1) is 19.3 Å². The van der Waals surface area contributed by atoms with Crippen LogP contribution in [0, 0.1) is 11.8 Å². The van der Waals surface area contributed by atoms with E-state index < -0.39 is 6.10 Å². The zero-order chi connectivity index (χ0) is 21.2. The summed E-state index contributed by atoms with van der Waals surface area (Å²) in [5.74, 6) is 1.01. The molecule has 4 nitrogen and oxygen atoms in total. The van der Waals surface area contributed by atoms with Gasteiger partial charge in [-0.25, -0.2) is 4.79 Å². The average molecular weight is 421 g/mol. The molecular weight excluding hydrogens is 388 g/mol. The van der Waals surface area contributed by atoms with Gasteiger partial charge in [0.25, 0.3) is 0 Å². The van der Waals surface area contributed by atoms with Gasteiger partial charge in [-0.2, -0.15) is 0 Å². The lowest BCUT2D eigenvalue weighted by Gasteiger charge is -2.29. The van der Waals surface area contributed by atoms with E-state index in [4.69, 9.17) is 21.1 Å². The summed E-state index contributed by atoms with van der Waals surface area (Å²) in [6.07, 6.45) is 5.42. The predicted octanol–water partition coefficient (Wildman–Crippen LogP) is 5.39. The highest BCUT2D eigenvalue weighted by Crippen LogP contribution is 2.28. The van der Waals surface area contributed by atoms with Crippen molar-refractivity contribution in [2.75, 3.05) is 7.11 Å². The maximum Gasteiger partial charge on any atom is 0.334 e. The molecule has 1 aliphatic heterocycles. The van der Waals surface area contributed by atoms with Crippen molar-refractivity contribution in [2.24, 2.45) is 11.8 Å². The molecular formula is C24H33ClO4. The number of methoxy groups -OCH3 is 1. The van der Waals surface area contributed by atoms with Crippen molar-refractivity contribution in [3.8, 4) is 0 Å². The zero-order valence-electron chi connectivity index (χ0n) is 17.6. The van der Waals surface area contributed by atoms with Crippen molar-refractivity contribution >= 4 is 17.6 Å². The lowest BCUT2D eigenvalue weighted by molar-refractivity contribution is -0.148. The largest absolute Gasteiger partial charge is 0.501 e. The molecule has 2 rings (SSSR count). The van der Waals surface area contributed by atoms with E-state index >= 15 is 0 Å². The van der Waals surface area contributed by atoms with Crippen molar-refractivity contribution in [1.29, 1.82) is 0 Å². The highest BCUT2D eigenvalue weighted by Gasteiger charge is 2.28. The first-order valence-corrected chi connectivity index (χ1v) is 10.8. The Balaban J connectivity index is 1.74. The number of halogens is 1. The number of carbonyl (C=O) groups excluding carboxylic acids is 1. The summed E-state index contributed by atoms with van der Waals surface area (Å²) in [4.78, 5) is 11.7. The normalized spacial score (nSPS) is 20.4. The number of ether oxygens (including phenoxy) is 2. The number of hydrogen-bond donors (Lipinski definition) is 1. The van der Waals surface area contributed by atoms with E-state index in [-0.39, 0.29) is 18.0 Å². The lowest BCUT2D eigenvalue weighted by Crippen LogP contribution is -2.30. The van der Waals surface area contributed by atoms with Crippen LogP contribution in [0.2, 0.25) is 0 Å². The fraction of sp³-hybridized carbons (Fsp3) is 0.542. The number of carbonyl (C=O) groups is 1. The standard InChI is InChI=1S/C24H33ClO4/c1-17(11-18(2)23-14-22(28-3)15-24(27)29-23)9-10-21(26)13-20(16-25)12-19-7-5-4-6-8-19/h4-8,15-18,21,23,26H,9-14H2,1-3H3/b20-16+/t17-,18-,21-,23-/m1/s1. The zero-order valence-corrected chi connectivity index (χ0v) is 18.4. The monoisotopic (exact) mass is 420 g/mol. The summed E-state index contributed by atoms with van der Waals surface area (Å²) in [6.45, 7) is 4.29. The number of esters is 1. The van der Waals surface area contributed by atoms with Crippen LogP contribution in [0.1, 0.15) is 51.5 Å². The molecule has 0 radical (unpaired) electrons. The third-order valence-corrected chi connectivity index (χ3v) is 5.85. The third kappa shape index (κ3) is 8.23. The molecule has 4 atom stereocenters. The highest BCUT2D eigenvalue weighted by molar-refractivity contribution is 6.25. The maximum absolute atomic E-state index is 11.7. The van der Waals surface area contributed by atoms with Crippen molar-refractivity contribution in [1.82, 2.24) is 0 Å². The van der Waals surface area contributed by atoms with Gasteiger partial charge in [0, 0.05) is 12.0 Å². The second-order valence-corrected chi connectivity index (χ2v) is 8.40. The van der Waals surface area contributed by atoms with Crippen LogP contribution in [0.3, 0.4) is 0 Å². The molecule has 0 unspecified atom stereocenters. The quantitative estimate of drug-likeness (QED) is 0.487. The summed E-state index contributed by atoms with van der Waals surface area (Å²) in [6, 6.07) is 10.1. The lowest BCUT2D eigenvalue weighted by atomic mass is 9.87. The Morgan fingerprint density at radius 3 is 2.69 bits per heavy atom. The van der Waals surface area contributed by atoms with Gasteiger partial charge >= 0.3 is 5.97 Å². The van der Waals surface area contributed by atoms with Crippen LogP contribution < -0.4 is 0 Å². The van der Waals surface area contributed by atoms with Crippen molar-refractivity contribution in [2.45, 2.75) is 64.6 Å². The number of benzene rings is 1. The molecule has 0 fully saturated rings. The Morgan fingerprint density at radius 2 is 2.03 bits per heavy atom. The van der Waals surface area contributed by atoms with Gasteiger partial charge in [-0.1, -0.05) is 61.4 Å². The molecule has 0 aliphatic carbocycles. The molecule has 0 saturated heterocycles. The summed E-state index contributed by atoms with van der Waals surface area (Å²) in [5.41, 5.74) is 3.83. The Hall–Kier alpha value is -1.78. The number of aliphatic hydroxyl groups is 1. The van der Waals surface area contributed by atoms with Crippen LogP contribution in [0.5, 0.6) is 0 Å². The smallest absolute Gasteiger partial charge is 0.334 e. The van der Waals surface area contributed by atoms with Gasteiger partial charge in [-0.3, -0.25) is 0 Å². The minimum Gasteiger partial charge on any atom is -0.501 e. The molecule has 1 aromatic rings. The second-order valence-electron chi connectivity index (χ2n) is 8.18. The van der Waals surface area contributed by atoms with E-state index in [1.54, 1.807) is 12.6 Å². The SMILES string of the molecule is COC1=CC(=O)O[C@@H]([C@H](C)C[C@H](C)CC[C@@H](O)C/C(=C/Cl)Cc2ccccc2)C1. The molecule has 29 heavy (non-hydrogen) atoms. The topological polar surface area (TPSA) is 55.8 Å². The van der Waals surface area contributed by atoms with E-state index in [0.717, 1.165) is 31.3 Å². The fourth-order valence-electron chi connectivity index (χ4n) is 3.87. The third-order valence-electron chi connectivity index (χ3n) is 5.54. The fourth-order valence-corrected chi connectivity index (χ4v) is 4.04. The first-order chi connectivity index (χ1) is 13.9. The molecule has 0 saturated carbocycles. The highest BCUT2D eigenvalue weighted by atomic mass is 35.5. The minimum absolute atomic E-state index is 0.147. The van der Waals surface area contributed by atoms with Gasteiger partial charge in [0.15, 0.2) is 0 Å². The first-order valence-electron chi connectivity index (χ1n) is 10.4. The summed E-state index contributed by atoms with van der Waals surface area (Å²) in [5, 5.41) is 10.5. The van der Waals surface area contributed by atoms with Crippen LogP contribution in [0.4, 0.5) is 0 Å². The van der Waals surface area contributed by atoms with Gasteiger partial charge in [0.2, 0.25) is 0 Å². The first kappa shape index (κ1) is 23.5. The Morgan fingerprint density at radius 1 is 1.31 bits per heavy atom. The van der Waals surface area contributed by atoms with E-state index in [0.29, 0.717) is 24.5 Å². The van der Waals surface area contributed by atoms with Crippen molar-refractivity contribution in [3.63, 3.8) is 0 Å². The van der Waals surface area contributed by atoms with E-state index in [9.17, 15) is 9.90 Å². The van der Waals surface area contributed by atoms with Crippen LogP contribution >= 0.6 is 11.6 Å². The van der Waals surface area contributed by atoms with Gasteiger partial charge in [-0.05, 0) is 49.5 Å². The maximum atomic E-state index is 11.7. The summed E-state index contributed by atoms with van der Waals surface area (Å²) in [7, 11) is 1.58. The Kier molecular flexibility index (Phi) is 9.75. The van der Waals surface area contributed by atoms with E-state index in [1.807, 2.05) is 18.2 Å². The van der Waals surface area contributed by atoms with Crippen molar-refractivity contribution in [3.05, 3.63) is 58.8 Å². The average Bonchev–Trinajstić information content (AvgIpc) is 2.72. The second kappa shape index (κ2) is 12.0. The molecule has 0 spiro atoms. The summed E-state index contributed by atoms with van der Waals surface area (Å²) >= 11 is 5.99. The number of hydrogen-bond acceptors (Lipinski definition) is 4. The predicted molar refractivity (Wildman–Crippen MR) is 116 cm³/mol. The molecule has 1 heterocycles. The molecule has 0 bridgehead atoms. The van der Waals surface area contributed by atoms with E-state index in [2.05, 4.69) is 26.0 Å². The molecule has 5 heteroatoms. The van der Waals surface area contributed by atoms with E-state index in [1.165, 1.54) is 11.6 Å². The van der Waals surface area contributed by atoms with Crippen LogP contribution in [0.25, 0.3) is 0 Å². The molecule has 1 N–H and O–H groups in total. The summed E-state index contributed by atoms with van der Waals surface area (Å²) < 4.78 is 10.7.